The second-order valence-corrected chi connectivity index (χ2v) is 6.61. The van der Waals surface area contributed by atoms with E-state index >= 15 is 0 Å². The normalized spacial score (nSPS) is 12.5. The molecule has 2 rings (SSSR count). The van der Waals surface area contributed by atoms with Gasteiger partial charge in [0.15, 0.2) is 0 Å². The van der Waals surface area contributed by atoms with Crippen LogP contribution < -0.4 is 5.32 Å². The molecule has 0 aliphatic heterocycles. The van der Waals surface area contributed by atoms with Crippen molar-refractivity contribution < 1.29 is 0 Å². The summed E-state index contributed by atoms with van der Waals surface area (Å²) < 4.78 is 1.14. The Labute approximate surface area is 121 Å². The van der Waals surface area contributed by atoms with Crippen molar-refractivity contribution in [3.8, 4) is 0 Å². The van der Waals surface area contributed by atoms with Crippen LogP contribution in [0.1, 0.15) is 34.5 Å². The Morgan fingerprint density at radius 2 is 1.72 bits per heavy atom. The predicted molar refractivity (Wildman–Crippen MR) is 84.7 cm³/mol. The highest BCUT2D eigenvalue weighted by Crippen LogP contribution is 2.31. The maximum Gasteiger partial charge on any atom is 0.0581 e. The molecular formula is C15H18BrNS. The van der Waals surface area contributed by atoms with E-state index in [-0.39, 0.29) is 0 Å². The van der Waals surface area contributed by atoms with E-state index in [1.807, 2.05) is 11.3 Å². The Balaban J connectivity index is 2.27. The zero-order chi connectivity index (χ0) is 13.3. The SMILES string of the molecule is Cc1ccsc1C(C)Nc1c(C)cc(Br)cc1C. The van der Waals surface area contributed by atoms with Gasteiger partial charge in [0, 0.05) is 15.0 Å². The van der Waals surface area contributed by atoms with Gasteiger partial charge in [0.2, 0.25) is 0 Å². The molecule has 18 heavy (non-hydrogen) atoms. The van der Waals surface area contributed by atoms with Crippen LogP contribution in [0.2, 0.25) is 0 Å². The number of rotatable bonds is 3. The van der Waals surface area contributed by atoms with Gasteiger partial charge in [-0.15, -0.1) is 11.3 Å². The second-order valence-electron chi connectivity index (χ2n) is 4.75. The van der Waals surface area contributed by atoms with Crippen molar-refractivity contribution in [3.63, 3.8) is 0 Å². The number of halogens is 1. The van der Waals surface area contributed by atoms with Gasteiger partial charge in [0.1, 0.15) is 0 Å². The van der Waals surface area contributed by atoms with Crippen LogP contribution >= 0.6 is 27.3 Å². The Hall–Kier alpha value is -0.800. The van der Waals surface area contributed by atoms with Gasteiger partial charge in [-0.05, 0) is 68.0 Å². The first-order valence-electron chi connectivity index (χ1n) is 6.06. The van der Waals surface area contributed by atoms with E-state index in [9.17, 15) is 0 Å². The van der Waals surface area contributed by atoms with Gasteiger partial charge in [-0.3, -0.25) is 0 Å². The Morgan fingerprint density at radius 1 is 1.11 bits per heavy atom. The van der Waals surface area contributed by atoms with Gasteiger partial charge >= 0.3 is 0 Å². The highest BCUT2D eigenvalue weighted by molar-refractivity contribution is 9.10. The van der Waals surface area contributed by atoms with Gasteiger partial charge in [0.05, 0.1) is 6.04 Å². The Bertz CT molecular complexity index is 536. The maximum atomic E-state index is 3.64. The van der Waals surface area contributed by atoms with Gasteiger partial charge in [-0.1, -0.05) is 15.9 Å². The van der Waals surface area contributed by atoms with Gasteiger partial charge in [-0.25, -0.2) is 0 Å². The summed E-state index contributed by atoms with van der Waals surface area (Å²) in [4.78, 5) is 1.41. The summed E-state index contributed by atoms with van der Waals surface area (Å²) in [6.45, 7) is 8.69. The first kappa shape index (κ1) is 13.6. The predicted octanol–water partition coefficient (Wildman–Crippen LogP) is 5.61. The molecule has 0 spiro atoms. The fourth-order valence-electron chi connectivity index (χ4n) is 2.25. The molecule has 2 aromatic rings. The number of nitrogens with one attached hydrogen (secondary N) is 1. The molecule has 1 aromatic carbocycles. The minimum atomic E-state index is 0.351. The highest BCUT2D eigenvalue weighted by Gasteiger charge is 2.12. The van der Waals surface area contributed by atoms with Crippen LogP contribution in [0.3, 0.4) is 0 Å². The summed E-state index contributed by atoms with van der Waals surface area (Å²) in [6.07, 6.45) is 0. The summed E-state index contributed by atoms with van der Waals surface area (Å²) in [6, 6.07) is 6.84. The number of hydrogen-bond donors (Lipinski definition) is 1. The number of hydrogen-bond acceptors (Lipinski definition) is 2. The Morgan fingerprint density at radius 3 is 2.22 bits per heavy atom. The molecule has 1 nitrogen and oxygen atoms in total. The van der Waals surface area contributed by atoms with Crippen molar-refractivity contribution in [2.45, 2.75) is 33.7 Å². The number of aryl methyl sites for hydroxylation is 3. The summed E-state index contributed by atoms with van der Waals surface area (Å²) >= 11 is 5.36. The molecule has 0 fully saturated rings. The fraction of sp³-hybridized carbons (Fsp3) is 0.333. The average molecular weight is 324 g/mol. The molecule has 1 N–H and O–H groups in total. The van der Waals surface area contributed by atoms with E-state index in [4.69, 9.17) is 0 Å². The lowest BCUT2D eigenvalue weighted by Gasteiger charge is -2.19. The minimum absolute atomic E-state index is 0.351. The summed E-state index contributed by atoms with van der Waals surface area (Å²) in [7, 11) is 0. The molecule has 96 valence electrons. The van der Waals surface area contributed by atoms with Crippen LogP contribution in [0.4, 0.5) is 5.69 Å². The van der Waals surface area contributed by atoms with E-state index in [0.29, 0.717) is 6.04 Å². The topological polar surface area (TPSA) is 12.0 Å². The third-order valence-electron chi connectivity index (χ3n) is 3.15. The molecule has 0 saturated carbocycles. The summed E-state index contributed by atoms with van der Waals surface area (Å²) in [5.74, 6) is 0. The third kappa shape index (κ3) is 2.78. The third-order valence-corrected chi connectivity index (χ3v) is 4.81. The second kappa shape index (κ2) is 5.45. The van der Waals surface area contributed by atoms with Crippen molar-refractivity contribution >= 4 is 33.0 Å². The van der Waals surface area contributed by atoms with Crippen LogP contribution in [0, 0.1) is 20.8 Å². The highest BCUT2D eigenvalue weighted by atomic mass is 79.9. The molecule has 3 heteroatoms. The molecule has 0 radical (unpaired) electrons. The smallest absolute Gasteiger partial charge is 0.0581 e. The van der Waals surface area contributed by atoms with E-state index in [0.717, 1.165) is 4.47 Å². The van der Waals surface area contributed by atoms with Gasteiger partial charge in [0.25, 0.3) is 0 Å². The lowest BCUT2D eigenvalue weighted by Crippen LogP contribution is -2.08. The lowest BCUT2D eigenvalue weighted by molar-refractivity contribution is 0.894. The van der Waals surface area contributed by atoms with Crippen molar-refractivity contribution in [3.05, 3.63) is 49.6 Å². The summed E-state index contributed by atoms with van der Waals surface area (Å²) in [5, 5.41) is 5.80. The zero-order valence-electron chi connectivity index (χ0n) is 11.2. The molecule has 0 aliphatic rings. The van der Waals surface area contributed by atoms with Crippen molar-refractivity contribution in [2.24, 2.45) is 0 Å². The fourth-order valence-corrected chi connectivity index (χ4v) is 3.87. The molecule has 0 aliphatic carbocycles. The monoisotopic (exact) mass is 323 g/mol. The van der Waals surface area contributed by atoms with Gasteiger partial charge in [-0.2, -0.15) is 0 Å². The first-order chi connectivity index (χ1) is 8.49. The first-order valence-corrected chi connectivity index (χ1v) is 7.73. The largest absolute Gasteiger partial charge is 0.377 e. The van der Waals surface area contributed by atoms with Crippen molar-refractivity contribution in [1.82, 2.24) is 0 Å². The van der Waals surface area contributed by atoms with E-state index in [1.165, 1.54) is 27.3 Å². The molecule has 0 bridgehead atoms. The molecule has 1 atom stereocenters. The van der Waals surface area contributed by atoms with Crippen LogP contribution in [0.15, 0.2) is 28.1 Å². The van der Waals surface area contributed by atoms with Crippen molar-refractivity contribution in [2.75, 3.05) is 5.32 Å². The number of thiophene rings is 1. The molecule has 0 saturated heterocycles. The molecule has 1 aromatic heterocycles. The quantitative estimate of drug-likeness (QED) is 0.774. The molecule has 1 unspecified atom stereocenters. The lowest BCUT2D eigenvalue weighted by atomic mass is 10.1. The van der Waals surface area contributed by atoms with Crippen molar-refractivity contribution in [1.29, 1.82) is 0 Å². The molecule has 1 heterocycles. The van der Waals surface area contributed by atoms with E-state index in [1.54, 1.807) is 0 Å². The summed E-state index contributed by atoms with van der Waals surface area (Å²) in [5.41, 5.74) is 5.18. The standard InChI is InChI=1S/C15H18BrNS/c1-9-5-6-18-15(9)12(4)17-14-10(2)7-13(16)8-11(14)3/h5-8,12,17H,1-4H3. The Kier molecular flexibility index (Phi) is 4.13. The number of benzene rings is 1. The molecule has 0 amide bonds. The van der Waals surface area contributed by atoms with E-state index < -0.39 is 0 Å². The average Bonchev–Trinajstić information content (AvgIpc) is 2.69. The minimum Gasteiger partial charge on any atom is -0.377 e. The van der Waals surface area contributed by atoms with Gasteiger partial charge < -0.3 is 5.32 Å². The van der Waals surface area contributed by atoms with Crippen LogP contribution in [-0.4, -0.2) is 0 Å². The zero-order valence-corrected chi connectivity index (χ0v) is 13.6. The molecular weight excluding hydrogens is 306 g/mol. The maximum absolute atomic E-state index is 3.64. The van der Waals surface area contributed by atoms with Crippen LogP contribution in [0.5, 0.6) is 0 Å². The number of anilines is 1. The van der Waals surface area contributed by atoms with E-state index in [2.05, 4.69) is 72.5 Å². The van der Waals surface area contributed by atoms with Crippen LogP contribution in [-0.2, 0) is 0 Å². The van der Waals surface area contributed by atoms with Crippen LogP contribution in [0.25, 0.3) is 0 Å².